The van der Waals surface area contributed by atoms with E-state index in [0.29, 0.717) is 0 Å². The van der Waals surface area contributed by atoms with Gasteiger partial charge in [-0.2, -0.15) is 0 Å². The molecule has 1 aliphatic carbocycles. The summed E-state index contributed by atoms with van der Waals surface area (Å²) in [4.78, 5) is 0. The lowest BCUT2D eigenvalue weighted by Crippen LogP contribution is -2.17. The second-order valence-corrected chi connectivity index (χ2v) is 5.84. The van der Waals surface area contributed by atoms with Crippen molar-refractivity contribution >= 4 is 0 Å². The second kappa shape index (κ2) is 6.94. The van der Waals surface area contributed by atoms with E-state index in [1.54, 1.807) is 0 Å². The molecule has 0 aliphatic heterocycles. The summed E-state index contributed by atoms with van der Waals surface area (Å²) in [6.07, 6.45) is 8.68. The van der Waals surface area contributed by atoms with Gasteiger partial charge in [0.2, 0.25) is 0 Å². The fourth-order valence-electron chi connectivity index (χ4n) is 3.16. The molecule has 18 heavy (non-hydrogen) atoms. The number of nitrogens with one attached hydrogen (secondary N) is 1. The van der Waals surface area contributed by atoms with Crippen molar-refractivity contribution < 1.29 is 0 Å². The van der Waals surface area contributed by atoms with Crippen LogP contribution in [0.1, 0.15) is 55.2 Å². The summed E-state index contributed by atoms with van der Waals surface area (Å²) >= 11 is 0. The first-order valence-electron chi connectivity index (χ1n) is 7.53. The van der Waals surface area contributed by atoms with Crippen molar-refractivity contribution in [3.05, 3.63) is 34.9 Å². The molecule has 0 saturated heterocycles. The lowest BCUT2D eigenvalue weighted by atomic mass is 10.0. The third kappa shape index (κ3) is 3.84. The number of hydrogen-bond donors (Lipinski definition) is 1. The molecule has 1 heteroatoms. The smallest absolute Gasteiger partial charge is 0.0210 e. The van der Waals surface area contributed by atoms with Crippen LogP contribution in [0.2, 0.25) is 0 Å². The summed E-state index contributed by atoms with van der Waals surface area (Å²) < 4.78 is 0. The zero-order valence-corrected chi connectivity index (χ0v) is 12.0. The van der Waals surface area contributed by atoms with E-state index in [-0.39, 0.29) is 0 Å². The van der Waals surface area contributed by atoms with Gasteiger partial charge in [-0.1, -0.05) is 43.9 Å². The SMILES string of the molecule is Cc1cccc(C)c1CNCCCC1CCCC1. The fourth-order valence-corrected chi connectivity index (χ4v) is 3.16. The molecule has 100 valence electrons. The number of rotatable bonds is 6. The molecule has 1 aromatic rings. The quantitative estimate of drug-likeness (QED) is 0.734. The first-order chi connectivity index (χ1) is 8.77. The third-order valence-corrected chi connectivity index (χ3v) is 4.39. The summed E-state index contributed by atoms with van der Waals surface area (Å²) in [7, 11) is 0. The lowest BCUT2D eigenvalue weighted by Gasteiger charge is -2.12. The maximum Gasteiger partial charge on any atom is 0.0210 e. The van der Waals surface area contributed by atoms with Crippen molar-refractivity contribution in [2.75, 3.05) is 6.54 Å². The Balaban J connectivity index is 1.65. The van der Waals surface area contributed by atoms with Crippen molar-refractivity contribution in [2.24, 2.45) is 5.92 Å². The van der Waals surface area contributed by atoms with Crippen molar-refractivity contribution in [3.8, 4) is 0 Å². The van der Waals surface area contributed by atoms with E-state index in [1.165, 1.54) is 61.8 Å². The molecule has 0 aromatic heterocycles. The Kier molecular flexibility index (Phi) is 5.25. The van der Waals surface area contributed by atoms with Crippen LogP contribution in [-0.4, -0.2) is 6.54 Å². The Bertz CT molecular complexity index is 344. The molecular formula is C17H27N. The molecule has 0 radical (unpaired) electrons. The van der Waals surface area contributed by atoms with E-state index in [0.717, 1.165) is 12.5 Å². The van der Waals surface area contributed by atoms with Crippen LogP contribution in [0.3, 0.4) is 0 Å². The molecule has 1 N–H and O–H groups in total. The predicted molar refractivity (Wildman–Crippen MR) is 78.8 cm³/mol. The monoisotopic (exact) mass is 245 g/mol. The highest BCUT2D eigenvalue weighted by Crippen LogP contribution is 2.28. The van der Waals surface area contributed by atoms with Gasteiger partial charge in [0.15, 0.2) is 0 Å². The molecule has 2 rings (SSSR count). The molecule has 0 bridgehead atoms. The fraction of sp³-hybridized carbons (Fsp3) is 0.647. The van der Waals surface area contributed by atoms with Gasteiger partial charge in [0.1, 0.15) is 0 Å². The molecule has 1 nitrogen and oxygen atoms in total. The van der Waals surface area contributed by atoms with E-state index in [1.807, 2.05) is 0 Å². The van der Waals surface area contributed by atoms with Crippen LogP contribution in [0.5, 0.6) is 0 Å². The minimum atomic E-state index is 1.03. The Morgan fingerprint density at radius 2 is 1.78 bits per heavy atom. The Labute approximate surface area is 112 Å². The van der Waals surface area contributed by atoms with Crippen LogP contribution in [0.4, 0.5) is 0 Å². The van der Waals surface area contributed by atoms with Crippen molar-refractivity contribution in [1.29, 1.82) is 0 Å². The normalized spacial score (nSPS) is 16.3. The van der Waals surface area contributed by atoms with E-state index >= 15 is 0 Å². The van der Waals surface area contributed by atoms with Gasteiger partial charge in [-0.15, -0.1) is 0 Å². The predicted octanol–water partition coefficient (Wildman–Crippen LogP) is 4.36. The van der Waals surface area contributed by atoms with Gasteiger partial charge in [-0.25, -0.2) is 0 Å². The summed E-state index contributed by atoms with van der Waals surface area (Å²) in [6.45, 7) is 6.62. The molecule has 1 saturated carbocycles. The largest absolute Gasteiger partial charge is 0.313 e. The molecule has 1 fully saturated rings. The molecule has 0 heterocycles. The van der Waals surface area contributed by atoms with Crippen molar-refractivity contribution in [2.45, 2.75) is 58.9 Å². The van der Waals surface area contributed by atoms with E-state index < -0.39 is 0 Å². The Morgan fingerprint density at radius 3 is 2.44 bits per heavy atom. The molecule has 0 amide bonds. The van der Waals surface area contributed by atoms with Crippen LogP contribution >= 0.6 is 0 Å². The van der Waals surface area contributed by atoms with Crippen LogP contribution in [0, 0.1) is 19.8 Å². The zero-order chi connectivity index (χ0) is 12.8. The second-order valence-electron chi connectivity index (χ2n) is 5.84. The molecule has 1 aliphatic rings. The molecule has 1 aromatic carbocycles. The van der Waals surface area contributed by atoms with Gasteiger partial charge in [-0.05, 0) is 55.8 Å². The van der Waals surface area contributed by atoms with Crippen LogP contribution in [0.15, 0.2) is 18.2 Å². The summed E-state index contributed by atoms with van der Waals surface area (Å²) in [5.41, 5.74) is 4.31. The number of hydrogen-bond acceptors (Lipinski definition) is 1. The molecule has 0 unspecified atom stereocenters. The van der Waals surface area contributed by atoms with Gasteiger partial charge < -0.3 is 5.32 Å². The van der Waals surface area contributed by atoms with Crippen LogP contribution in [-0.2, 0) is 6.54 Å². The van der Waals surface area contributed by atoms with Crippen molar-refractivity contribution in [1.82, 2.24) is 5.32 Å². The highest BCUT2D eigenvalue weighted by Gasteiger charge is 2.13. The van der Waals surface area contributed by atoms with Gasteiger partial charge in [0.25, 0.3) is 0 Å². The Morgan fingerprint density at radius 1 is 1.11 bits per heavy atom. The van der Waals surface area contributed by atoms with E-state index in [9.17, 15) is 0 Å². The topological polar surface area (TPSA) is 12.0 Å². The zero-order valence-electron chi connectivity index (χ0n) is 12.0. The van der Waals surface area contributed by atoms with Crippen LogP contribution < -0.4 is 5.32 Å². The van der Waals surface area contributed by atoms with E-state index in [2.05, 4.69) is 37.4 Å². The van der Waals surface area contributed by atoms with Gasteiger partial charge in [-0.3, -0.25) is 0 Å². The maximum absolute atomic E-state index is 3.61. The molecule has 0 spiro atoms. The average molecular weight is 245 g/mol. The Hall–Kier alpha value is -0.820. The lowest BCUT2D eigenvalue weighted by molar-refractivity contribution is 0.470. The van der Waals surface area contributed by atoms with Crippen molar-refractivity contribution in [3.63, 3.8) is 0 Å². The highest BCUT2D eigenvalue weighted by atomic mass is 14.8. The van der Waals surface area contributed by atoms with Gasteiger partial charge in [0, 0.05) is 6.54 Å². The third-order valence-electron chi connectivity index (χ3n) is 4.39. The molecular weight excluding hydrogens is 218 g/mol. The average Bonchev–Trinajstić information content (AvgIpc) is 2.85. The summed E-state index contributed by atoms with van der Waals surface area (Å²) in [5, 5.41) is 3.61. The standard InChI is InChI=1S/C17H27N/c1-14-7-5-8-15(2)17(14)13-18-12-6-11-16-9-3-4-10-16/h5,7-8,16,18H,3-4,6,9-13H2,1-2H3. The first-order valence-corrected chi connectivity index (χ1v) is 7.53. The minimum Gasteiger partial charge on any atom is -0.313 e. The summed E-state index contributed by atoms with van der Waals surface area (Å²) in [6, 6.07) is 6.57. The number of aryl methyl sites for hydroxylation is 2. The maximum atomic E-state index is 3.61. The van der Waals surface area contributed by atoms with Crippen LogP contribution in [0.25, 0.3) is 0 Å². The molecule has 0 atom stereocenters. The number of benzene rings is 1. The van der Waals surface area contributed by atoms with Gasteiger partial charge in [0.05, 0.1) is 0 Å². The first kappa shape index (κ1) is 13.6. The van der Waals surface area contributed by atoms with Gasteiger partial charge >= 0.3 is 0 Å². The highest BCUT2D eigenvalue weighted by molar-refractivity contribution is 5.33. The minimum absolute atomic E-state index is 1.03. The van der Waals surface area contributed by atoms with E-state index in [4.69, 9.17) is 0 Å². The summed E-state index contributed by atoms with van der Waals surface area (Å²) in [5.74, 6) is 1.03.